The van der Waals surface area contributed by atoms with E-state index < -0.39 is 0 Å². The van der Waals surface area contributed by atoms with Crippen molar-refractivity contribution in [2.45, 2.75) is 33.6 Å². The van der Waals surface area contributed by atoms with E-state index in [1.165, 1.54) is 0 Å². The van der Waals surface area contributed by atoms with Gasteiger partial charge in [-0.2, -0.15) is 0 Å². The summed E-state index contributed by atoms with van der Waals surface area (Å²) in [7, 11) is 0. The van der Waals surface area contributed by atoms with Crippen LogP contribution in [0.2, 0.25) is 0 Å². The monoisotopic (exact) mass is 212 g/mol. The van der Waals surface area contributed by atoms with Gasteiger partial charge < -0.3 is 15.1 Å². The predicted molar refractivity (Wildman–Crippen MR) is 60.7 cm³/mol. The van der Waals surface area contributed by atoms with Crippen LogP contribution < -0.4 is 10.6 Å². The van der Waals surface area contributed by atoms with Crippen molar-refractivity contribution in [1.29, 1.82) is 0 Å². The van der Waals surface area contributed by atoms with Gasteiger partial charge in [-0.15, -0.1) is 0 Å². The van der Waals surface area contributed by atoms with Crippen LogP contribution in [-0.4, -0.2) is 23.3 Å². The van der Waals surface area contributed by atoms with E-state index in [-0.39, 0.29) is 6.01 Å². The predicted octanol–water partition coefficient (Wildman–Crippen LogP) is 1.91. The van der Waals surface area contributed by atoms with Crippen LogP contribution in [0.5, 0.6) is 0 Å². The molecule has 0 aliphatic rings. The van der Waals surface area contributed by atoms with E-state index >= 15 is 0 Å². The number of nitrogens with zero attached hydrogens (tertiary/aromatic N) is 3. The zero-order valence-corrected chi connectivity index (χ0v) is 9.73. The van der Waals surface area contributed by atoms with Crippen LogP contribution in [0.15, 0.2) is 4.42 Å². The molecule has 0 spiro atoms. The molecular formula is C10H20N4O. The lowest BCUT2D eigenvalue weighted by molar-refractivity contribution is 0.459. The summed E-state index contributed by atoms with van der Waals surface area (Å²) in [5, 5.41) is 7.56. The van der Waals surface area contributed by atoms with E-state index in [1.54, 1.807) is 0 Å². The van der Waals surface area contributed by atoms with Gasteiger partial charge in [-0.1, -0.05) is 36.9 Å². The fraction of sp³-hybridized carbons (Fsp3) is 0.800. The molecule has 0 aromatic carbocycles. The fourth-order valence-electron chi connectivity index (χ4n) is 1.56. The quantitative estimate of drug-likeness (QED) is 0.780. The second-order valence-electron chi connectivity index (χ2n) is 3.64. The summed E-state index contributed by atoms with van der Waals surface area (Å²) in [4.78, 5) is 2.07. The normalized spacial score (nSPS) is 10.9. The molecule has 0 aliphatic heterocycles. The summed E-state index contributed by atoms with van der Waals surface area (Å²) in [6.45, 7) is 8.28. The highest BCUT2D eigenvalue weighted by Gasteiger charge is 2.15. The highest BCUT2D eigenvalue weighted by Crippen LogP contribution is 2.17. The minimum atomic E-state index is 0.132. The molecule has 0 saturated heterocycles. The Morgan fingerprint density at radius 3 is 2.33 bits per heavy atom. The number of hydrogen-bond donors (Lipinski definition) is 1. The molecule has 2 N–H and O–H groups in total. The molecule has 1 rings (SSSR count). The van der Waals surface area contributed by atoms with Crippen LogP contribution in [0, 0.1) is 5.92 Å². The van der Waals surface area contributed by atoms with E-state index in [2.05, 4.69) is 35.9 Å². The van der Waals surface area contributed by atoms with Crippen LogP contribution in [0.1, 0.15) is 33.6 Å². The number of nitrogen functional groups attached to an aromatic ring is 1. The van der Waals surface area contributed by atoms with Gasteiger partial charge in [0, 0.05) is 13.1 Å². The molecule has 5 nitrogen and oxygen atoms in total. The van der Waals surface area contributed by atoms with Crippen molar-refractivity contribution in [3.8, 4) is 0 Å². The van der Waals surface area contributed by atoms with Gasteiger partial charge >= 0.3 is 12.0 Å². The second-order valence-corrected chi connectivity index (χ2v) is 3.64. The Bertz CT molecular complexity index is 283. The molecule has 0 bridgehead atoms. The molecule has 0 radical (unpaired) electrons. The van der Waals surface area contributed by atoms with Gasteiger partial charge in [-0.05, 0) is 12.8 Å². The van der Waals surface area contributed by atoms with E-state index in [1.807, 2.05) is 0 Å². The van der Waals surface area contributed by atoms with E-state index in [9.17, 15) is 0 Å². The van der Waals surface area contributed by atoms with E-state index in [0.717, 1.165) is 25.9 Å². The Balaban J connectivity index is 2.63. The summed E-state index contributed by atoms with van der Waals surface area (Å²) < 4.78 is 5.21. The maximum Gasteiger partial charge on any atom is 0.319 e. The van der Waals surface area contributed by atoms with Crippen molar-refractivity contribution in [2.24, 2.45) is 5.92 Å². The standard InChI is InChI=1S/C10H20N4O/c1-4-8(5-2)7-14(6-3)10-13-12-9(11)15-10/h8H,4-7H2,1-3H3,(H2,11,12). The van der Waals surface area contributed by atoms with Crippen molar-refractivity contribution < 1.29 is 4.42 Å². The first-order valence-electron chi connectivity index (χ1n) is 5.55. The lowest BCUT2D eigenvalue weighted by atomic mass is 10.0. The first-order chi connectivity index (χ1) is 7.21. The average Bonchev–Trinajstić information content (AvgIpc) is 2.67. The van der Waals surface area contributed by atoms with Crippen molar-refractivity contribution in [1.82, 2.24) is 10.2 Å². The molecule has 0 aliphatic carbocycles. The van der Waals surface area contributed by atoms with Crippen LogP contribution in [-0.2, 0) is 0 Å². The third-order valence-electron chi connectivity index (χ3n) is 2.72. The van der Waals surface area contributed by atoms with Crippen molar-refractivity contribution >= 4 is 12.0 Å². The fourth-order valence-corrected chi connectivity index (χ4v) is 1.56. The van der Waals surface area contributed by atoms with Gasteiger partial charge in [0.2, 0.25) is 0 Å². The van der Waals surface area contributed by atoms with Crippen LogP contribution >= 0.6 is 0 Å². The molecular weight excluding hydrogens is 192 g/mol. The summed E-state index contributed by atoms with van der Waals surface area (Å²) in [6.07, 6.45) is 2.33. The number of anilines is 2. The smallest absolute Gasteiger partial charge is 0.319 e. The molecule has 5 heteroatoms. The van der Waals surface area contributed by atoms with Gasteiger partial charge in [0.25, 0.3) is 0 Å². The highest BCUT2D eigenvalue weighted by molar-refractivity contribution is 5.27. The van der Waals surface area contributed by atoms with Crippen molar-refractivity contribution in [2.75, 3.05) is 23.7 Å². The Kier molecular flexibility index (Phi) is 4.39. The second kappa shape index (κ2) is 5.58. The zero-order chi connectivity index (χ0) is 11.3. The van der Waals surface area contributed by atoms with Gasteiger partial charge in [0.05, 0.1) is 0 Å². The van der Waals surface area contributed by atoms with Gasteiger partial charge in [-0.3, -0.25) is 0 Å². The van der Waals surface area contributed by atoms with Gasteiger partial charge in [-0.25, -0.2) is 0 Å². The number of aromatic nitrogens is 2. The van der Waals surface area contributed by atoms with Crippen LogP contribution in [0.4, 0.5) is 12.0 Å². The van der Waals surface area contributed by atoms with E-state index in [4.69, 9.17) is 10.2 Å². The summed E-state index contributed by atoms with van der Waals surface area (Å²) in [5.74, 6) is 0.665. The van der Waals surface area contributed by atoms with Crippen LogP contribution in [0.25, 0.3) is 0 Å². The van der Waals surface area contributed by atoms with E-state index in [0.29, 0.717) is 11.9 Å². The molecule has 0 atom stereocenters. The van der Waals surface area contributed by atoms with Crippen LogP contribution in [0.3, 0.4) is 0 Å². The van der Waals surface area contributed by atoms with Crippen molar-refractivity contribution in [3.63, 3.8) is 0 Å². The number of nitrogens with two attached hydrogens (primary N) is 1. The zero-order valence-electron chi connectivity index (χ0n) is 9.73. The SMILES string of the molecule is CCC(CC)CN(CC)c1nnc(N)o1. The minimum Gasteiger partial charge on any atom is -0.390 e. The maximum atomic E-state index is 5.40. The maximum absolute atomic E-state index is 5.40. The molecule has 1 aromatic heterocycles. The molecule has 15 heavy (non-hydrogen) atoms. The largest absolute Gasteiger partial charge is 0.390 e. The molecule has 1 aromatic rings. The Morgan fingerprint density at radius 1 is 1.27 bits per heavy atom. The molecule has 86 valence electrons. The summed E-state index contributed by atoms with van der Waals surface area (Å²) in [5.41, 5.74) is 5.40. The third-order valence-corrected chi connectivity index (χ3v) is 2.72. The highest BCUT2D eigenvalue weighted by atomic mass is 16.4. The molecule has 0 saturated carbocycles. The summed E-state index contributed by atoms with van der Waals surface area (Å²) >= 11 is 0. The van der Waals surface area contributed by atoms with Crippen molar-refractivity contribution in [3.05, 3.63) is 0 Å². The lowest BCUT2D eigenvalue weighted by Gasteiger charge is -2.22. The average molecular weight is 212 g/mol. The summed E-state index contributed by atoms with van der Waals surface area (Å²) in [6, 6.07) is 0.662. The molecule has 0 unspecified atom stereocenters. The topological polar surface area (TPSA) is 68.2 Å². The Labute approximate surface area is 90.7 Å². The Morgan fingerprint density at radius 2 is 1.93 bits per heavy atom. The first-order valence-corrected chi connectivity index (χ1v) is 5.55. The van der Waals surface area contributed by atoms with Gasteiger partial charge in [0.15, 0.2) is 0 Å². The first kappa shape index (κ1) is 11.8. The third kappa shape index (κ3) is 3.11. The molecule has 0 fully saturated rings. The van der Waals surface area contributed by atoms with Gasteiger partial charge in [0.1, 0.15) is 0 Å². The minimum absolute atomic E-state index is 0.132. The number of rotatable bonds is 6. The lowest BCUT2D eigenvalue weighted by Crippen LogP contribution is -2.29. The molecule has 1 heterocycles. The molecule has 0 amide bonds. The number of hydrogen-bond acceptors (Lipinski definition) is 5. The Hall–Kier alpha value is -1.26.